The third-order valence-corrected chi connectivity index (χ3v) is 6.01. The Morgan fingerprint density at radius 1 is 1.00 bits per heavy atom. The highest BCUT2D eigenvalue weighted by molar-refractivity contribution is 14.1. The molecule has 0 saturated carbocycles. The monoisotopic (exact) mass is 692 g/mol. The number of rotatable bonds is 9. The molecule has 1 rings (SSSR count). The third kappa shape index (κ3) is 6.86. The third-order valence-electron chi connectivity index (χ3n) is 3.23. The van der Waals surface area contributed by atoms with Gasteiger partial charge < -0.3 is 36.2 Å². The summed E-state index contributed by atoms with van der Waals surface area (Å²) < 4.78 is 2.16. The molecule has 1 amide bonds. The molecule has 0 fully saturated rings. The molecule has 0 radical (unpaired) electrons. The van der Waals surface area contributed by atoms with Crippen molar-refractivity contribution in [3.05, 3.63) is 22.3 Å². The number of carbonyl (C=O) groups excluding carboxylic acids is 1. The lowest BCUT2D eigenvalue weighted by molar-refractivity contribution is -0.00701. The van der Waals surface area contributed by atoms with Gasteiger partial charge >= 0.3 is 0 Å². The van der Waals surface area contributed by atoms with Gasteiger partial charge in [0.05, 0.1) is 40.2 Å². The number of amides is 1. The van der Waals surface area contributed by atoms with Crippen LogP contribution in [0, 0.1) is 10.7 Å². The molecule has 0 bridgehead atoms. The molecule has 3 atom stereocenters. The number of aliphatic hydroxyl groups excluding tert-OH is 5. The Hall–Kier alpha value is 0.480. The molecular weight excluding hydrogens is 673 g/mol. The fraction of sp³-hybridized carbons (Fsp3) is 0.500. The molecule has 8 nitrogen and oxygen atoms in total. The summed E-state index contributed by atoms with van der Waals surface area (Å²) in [6, 6.07) is 1.79. The van der Waals surface area contributed by atoms with E-state index >= 15 is 0 Å². The smallest absolute Gasteiger partial charge is 0.253 e. The first-order valence-corrected chi connectivity index (χ1v) is 10.4. The standard InChI is InChI=1S/C14H19I3N2O6/c15-7-1-8(16)13(18-3-9(23)10(24)5-21)12(17)11(7)14(25)19-2-6(22)4-20/h1,6,9-10,18,20-24H,2-5H2,(H,19,25). The number of benzene rings is 1. The Morgan fingerprint density at radius 2 is 1.64 bits per heavy atom. The maximum absolute atomic E-state index is 12.4. The van der Waals surface area contributed by atoms with Crippen LogP contribution in [0.1, 0.15) is 10.4 Å². The molecule has 0 aliphatic rings. The van der Waals surface area contributed by atoms with Gasteiger partial charge in [-0.3, -0.25) is 4.79 Å². The van der Waals surface area contributed by atoms with Gasteiger partial charge in [-0.1, -0.05) is 0 Å². The molecular formula is C14H19I3N2O6. The number of carbonyl (C=O) groups is 1. The molecule has 0 saturated heterocycles. The summed E-state index contributed by atoms with van der Waals surface area (Å²) >= 11 is 6.14. The Balaban J connectivity index is 2.99. The van der Waals surface area contributed by atoms with Crippen LogP contribution in [0.4, 0.5) is 5.69 Å². The zero-order chi connectivity index (χ0) is 19.1. The maximum atomic E-state index is 12.4. The van der Waals surface area contributed by atoms with E-state index in [9.17, 15) is 20.1 Å². The molecule has 0 aliphatic carbocycles. The summed E-state index contributed by atoms with van der Waals surface area (Å²) in [6.07, 6.45) is -3.45. The van der Waals surface area contributed by atoms with Crippen LogP contribution in [-0.2, 0) is 0 Å². The van der Waals surface area contributed by atoms with Crippen LogP contribution in [-0.4, -0.2) is 76.1 Å². The first-order chi connectivity index (χ1) is 11.7. The number of aliphatic hydroxyl groups is 5. The van der Waals surface area contributed by atoms with Crippen LogP contribution in [0.2, 0.25) is 0 Å². The van der Waals surface area contributed by atoms with Crippen LogP contribution in [0.3, 0.4) is 0 Å². The van der Waals surface area contributed by atoms with E-state index in [1.54, 1.807) is 6.07 Å². The van der Waals surface area contributed by atoms with Crippen molar-refractivity contribution in [1.29, 1.82) is 0 Å². The van der Waals surface area contributed by atoms with Crippen molar-refractivity contribution in [2.45, 2.75) is 18.3 Å². The molecule has 11 heteroatoms. The number of nitrogens with one attached hydrogen (secondary N) is 2. The van der Waals surface area contributed by atoms with Gasteiger partial charge in [0.2, 0.25) is 0 Å². The molecule has 0 aromatic heterocycles. The van der Waals surface area contributed by atoms with Crippen molar-refractivity contribution >= 4 is 79.4 Å². The van der Waals surface area contributed by atoms with Gasteiger partial charge in [-0.05, 0) is 73.8 Å². The Kier molecular flexibility index (Phi) is 10.7. The van der Waals surface area contributed by atoms with Crippen LogP contribution in [0.25, 0.3) is 0 Å². The van der Waals surface area contributed by atoms with Crippen molar-refractivity contribution in [2.75, 3.05) is 31.6 Å². The maximum Gasteiger partial charge on any atom is 0.253 e. The average Bonchev–Trinajstić information content (AvgIpc) is 2.57. The lowest BCUT2D eigenvalue weighted by Crippen LogP contribution is -2.36. The van der Waals surface area contributed by atoms with E-state index < -0.39 is 37.4 Å². The van der Waals surface area contributed by atoms with E-state index in [0.29, 0.717) is 18.4 Å². The van der Waals surface area contributed by atoms with E-state index in [-0.39, 0.29) is 13.1 Å². The van der Waals surface area contributed by atoms with Crippen molar-refractivity contribution in [2.24, 2.45) is 0 Å². The van der Waals surface area contributed by atoms with Gasteiger partial charge in [0.1, 0.15) is 6.10 Å². The molecule has 25 heavy (non-hydrogen) atoms. The summed E-state index contributed by atoms with van der Waals surface area (Å²) in [6.45, 7) is -1.07. The molecule has 7 N–H and O–H groups in total. The Labute approximate surface area is 185 Å². The van der Waals surface area contributed by atoms with Crippen molar-refractivity contribution in [3.8, 4) is 0 Å². The molecule has 0 aliphatic heterocycles. The summed E-state index contributed by atoms with van der Waals surface area (Å²) in [5.41, 5.74) is 1.03. The molecule has 142 valence electrons. The first-order valence-electron chi connectivity index (χ1n) is 7.18. The van der Waals surface area contributed by atoms with Gasteiger partial charge in [0.15, 0.2) is 0 Å². The molecule has 1 aromatic rings. The minimum absolute atomic E-state index is 0.00138. The van der Waals surface area contributed by atoms with Gasteiger partial charge in [-0.15, -0.1) is 0 Å². The van der Waals surface area contributed by atoms with Crippen LogP contribution in [0.15, 0.2) is 6.07 Å². The topological polar surface area (TPSA) is 142 Å². The predicted molar refractivity (Wildman–Crippen MR) is 118 cm³/mol. The fourth-order valence-electron chi connectivity index (χ4n) is 1.79. The normalized spacial score (nSPS) is 14.7. The molecule has 0 heterocycles. The van der Waals surface area contributed by atoms with Gasteiger partial charge in [-0.25, -0.2) is 0 Å². The highest BCUT2D eigenvalue weighted by atomic mass is 127. The molecule has 1 aromatic carbocycles. The zero-order valence-electron chi connectivity index (χ0n) is 12.9. The zero-order valence-corrected chi connectivity index (χ0v) is 19.4. The minimum atomic E-state index is -1.26. The average molecular weight is 692 g/mol. The number of anilines is 1. The number of hydrogen-bond donors (Lipinski definition) is 7. The Morgan fingerprint density at radius 3 is 2.20 bits per heavy atom. The minimum Gasteiger partial charge on any atom is -0.394 e. The fourth-order valence-corrected chi connectivity index (χ4v) is 6.03. The van der Waals surface area contributed by atoms with Gasteiger partial charge in [0, 0.05) is 20.2 Å². The van der Waals surface area contributed by atoms with E-state index in [2.05, 4.69) is 33.2 Å². The molecule has 0 spiro atoms. The van der Waals surface area contributed by atoms with Gasteiger partial charge in [-0.2, -0.15) is 0 Å². The molecule has 3 unspecified atom stereocenters. The van der Waals surface area contributed by atoms with E-state index in [0.717, 1.165) is 3.57 Å². The highest BCUT2D eigenvalue weighted by Crippen LogP contribution is 2.31. The van der Waals surface area contributed by atoms with Crippen molar-refractivity contribution in [3.63, 3.8) is 0 Å². The lowest BCUT2D eigenvalue weighted by atomic mass is 10.1. The van der Waals surface area contributed by atoms with Gasteiger partial charge in [0.25, 0.3) is 5.91 Å². The van der Waals surface area contributed by atoms with E-state index in [4.69, 9.17) is 10.2 Å². The van der Waals surface area contributed by atoms with Crippen LogP contribution in [0.5, 0.6) is 0 Å². The quantitative estimate of drug-likeness (QED) is 0.177. The number of halogens is 3. The lowest BCUT2D eigenvalue weighted by Gasteiger charge is -2.20. The summed E-state index contributed by atoms with van der Waals surface area (Å²) in [5.74, 6) is -0.392. The van der Waals surface area contributed by atoms with Crippen LogP contribution >= 0.6 is 67.8 Å². The Bertz CT molecular complexity index is 604. The summed E-state index contributed by atoms with van der Waals surface area (Å²) in [5, 5.41) is 51.8. The highest BCUT2D eigenvalue weighted by Gasteiger charge is 2.22. The van der Waals surface area contributed by atoms with E-state index in [1.807, 2.05) is 45.2 Å². The summed E-state index contributed by atoms with van der Waals surface area (Å²) in [7, 11) is 0. The largest absolute Gasteiger partial charge is 0.394 e. The van der Waals surface area contributed by atoms with Crippen molar-refractivity contribution < 1.29 is 30.3 Å². The predicted octanol–water partition coefficient (Wildman–Crippen LogP) is -0.291. The second kappa shape index (κ2) is 11.4. The van der Waals surface area contributed by atoms with E-state index in [1.165, 1.54) is 0 Å². The summed E-state index contributed by atoms with van der Waals surface area (Å²) in [4.78, 5) is 12.4. The number of hydrogen-bond acceptors (Lipinski definition) is 7. The SMILES string of the molecule is O=C(NCC(O)CO)c1c(I)cc(I)c(NCC(O)C(O)CO)c1I. The van der Waals surface area contributed by atoms with Crippen molar-refractivity contribution in [1.82, 2.24) is 5.32 Å². The second-order valence-electron chi connectivity index (χ2n) is 5.15. The second-order valence-corrected chi connectivity index (χ2v) is 8.55. The van der Waals surface area contributed by atoms with Crippen LogP contribution < -0.4 is 10.6 Å². The first kappa shape index (κ1) is 23.5.